The van der Waals surface area contributed by atoms with E-state index in [1.165, 1.54) is 0 Å². The molecule has 4 heteroatoms. The Balaban J connectivity index is 0.000000254. The van der Waals surface area contributed by atoms with Gasteiger partial charge in [0.2, 0.25) is 0 Å². The number of terminal acetylenes is 4. The van der Waals surface area contributed by atoms with Gasteiger partial charge in [0.1, 0.15) is 23.4 Å². The molecule has 4 aromatic rings. The van der Waals surface area contributed by atoms with Crippen LogP contribution < -0.4 is 14.2 Å². The van der Waals surface area contributed by atoms with Crippen molar-refractivity contribution in [3.63, 3.8) is 0 Å². The van der Waals surface area contributed by atoms with E-state index in [0.717, 1.165) is 28.2 Å². The van der Waals surface area contributed by atoms with E-state index in [1.54, 1.807) is 38.5 Å². The second kappa shape index (κ2) is 19.1. The summed E-state index contributed by atoms with van der Waals surface area (Å²) in [5.41, 5.74) is 2.61. The summed E-state index contributed by atoms with van der Waals surface area (Å²) in [7, 11) is 3.24. The number of rotatable bonds is 3. The fourth-order valence-electron chi connectivity index (χ4n) is 2.58. The summed E-state index contributed by atoms with van der Waals surface area (Å²) in [5, 5.41) is 0.618. The summed E-state index contributed by atoms with van der Waals surface area (Å²) >= 11 is 5.63. The van der Waals surface area contributed by atoms with E-state index in [-0.39, 0.29) is 0 Å². The Morgan fingerprint density at radius 1 is 0.579 bits per heavy atom. The zero-order chi connectivity index (χ0) is 28.0. The average Bonchev–Trinajstić information content (AvgIpc) is 2.98. The Morgan fingerprint density at radius 2 is 1.18 bits per heavy atom. The van der Waals surface area contributed by atoms with Gasteiger partial charge in [-0.25, -0.2) is 0 Å². The Bertz CT molecular complexity index is 1400. The van der Waals surface area contributed by atoms with Crippen LogP contribution >= 0.6 is 11.6 Å². The number of hydrogen-bond acceptors (Lipinski definition) is 3. The maximum Gasteiger partial charge on any atom is 0.141 e. The van der Waals surface area contributed by atoms with Gasteiger partial charge in [-0.05, 0) is 60.7 Å². The first-order chi connectivity index (χ1) is 18.5. The lowest BCUT2D eigenvalue weighted by atomic mass is 10.2. The molecule has 0 spiro atoms. The van der Waals surface area contributed by atoms with Gasteiger partial charge in [-0.2, -0.15) is 0 Å². The van der Waals surface area contributed by atoms with Crippen LogP contribution in [0.3, 0.4) is 0 Å². The molecule has 0 aliphatic carbocycles. The second-order valence-electron chi connectivity index (χ2n) is 6.91. The maximum atomic E-state index is 5.63. The van der Waals surface area contributed by atoms with Crippen molar-refractivity contribution in [2.24, 2.45) is 0 Å². The number of para-hydroxylation sites is 1. The summed E-state index contributed by atoms with van der Waals surface area (Å²) in [6.07, 6.45) is 22.4. The van der Waals surface area contributed by atoms with Crippen LogP contribution in [0.4, 0.5) is 0 Å². The first-order valence-electron chi connectivity index (χ1n) is 11.1. The largest absolute Gasteiger partial charge is 0.497 e. The van der Waals surface area contributed by atoms with E-state index in [4.69, 9.17) is 51.5 Å². The lowest BCUT2D eigenvalue weighted by Crippen LogP contribution is -1.85. The van der Waals surface area contributed by atoms with E-state index in [0.29, 0.717) is 10.8 Å². The summed E-state index contributed by atoms with van der Waals surface area (Å²) in [6, 6.07) is 31.4. The zero-order valence-electron chi connectivity index (χ0n) is 21.2. The summed E-state index contributed by atoms with van der Waals surface area (Å²) < 4.78 is 14.7. The van der Waals surface area contributed by atoms with Crippen molar-refractivity contribution < 1.29 is 14.2 Å². The van der Waals surface area contributed by atoms with Crippen LogP contribution in [0, 0.1) is 49.6 Å². The molecule has 0 heterocycles. The number of hydrogen-bond donors (Lipinski definition) is 0. The predicted molar refractivity (Wildman–Crippen MR) is 157 cm³/mol. The highest BCUT2D eigenvalue weighted by atomic mass is 35.5. The van der Waals surface area contributed by atoms with Crippen molar-refractivity contribution >= 4 is 11.6 Å². The van der Waals surface area contributed by atoms with Crippen molar-refractivity contribution in [1.82, 2.24) is 0 Å². The van der Waals surface area contributed by atoms with E-state index in [9.17, 15) is 0 Å². The van der Waals surface area contributed by atoms with Crippen LogP contribution in [-0.4, -0.2) is 14.2 Å². The molecule has 4 aromatic carbocycles. The lowest BCUT2D eigenvalue weighted by molar-refractivity contribution is 0.413. The smallest absolute Gasteiger partial charge is 0.141 e. The molecule has 188 valence electrons. The quantitative estimate of drug-likeness (QED) is 0.266. The van der Waals surface area contributed by atoms with Crippen LogP contribution in [0.5, 0.6) is 17.2 Å². The molecule has 0 saturated heterocycles. The van der Waals surface area contributed by atoms with Gasteiger partial charge in [-0.1, -0.05) is 72.2 Å². The molecule has 3 nitrogen and oxygen atoms in total. The Labute approximate surface area is 231 Å². The monoisotopic (exact) mass is 518 g/mol. The normalized spacial score (nSPS) is 8.29. The van der Waals surface area contributed by atoms with Crippen molar-refractivity contribution in [3.05, 3.63) is 125 Å². The summed E-state index contributed by atoms with van der Waals surface area (Å²) in [6.45, 7) is 0. The minimum atomic E-state index is 0.593. The molecule has 0 fully saturated rings. The van der Waals surface area contributed by atoms with Crippen molar-refractivity contribution in [3.8, 4) is 66.8 Å². The number of ether oxygens (including phenoxy) is 3. The second-order valence-corrected chi connectivity index (χ2v) is 7.34. The third kappa shape index (κ3) is 12.5. The number of methoxy groups -OCH3 is 2. The molecule has 4 rings (SSSR count). The molecule has 0 aliphatic rings. The molecule has 0 saturated carbocycles. The molecule has 0 amide bonds. The minimum Gasteiger partial charge on any atom is -0.497 e. The Hall–Kier alpha value is -5.19. The van der Waals surface area contributed by atoms with Gasteiger partial charge in [-0.3, -0.25) is 0 Å². The fraction of sp³-hybridized carbons (Fsp3) is 0.0588. The standard InChI is InChI=1S/2C9H8O.C8H5ClO.C8H6/c1-3-8-4-6-9(10-2)7-5-8;1-3-8-6-4-5-7-9(8)10-2;1-2-10-8-5-3-4-7(9)6-8;1-2-8-6-4-3-5-7-8/h2*1,4-7H,2H3;1,3-6H;1,3-7H. The van der Waals surface area contributed by atoms with Crippen LogP contribution in [-0.2, 0) is 0 Å². The molecular weight excluding hydrogens is 492 g/mol. The zero-order valence-corrected chi connectivity index (χ0v) is 22.0. The molecule has 0 N–H and O–H groups in total. The van der Waals surface area contributed by atoms with E-state index in [2.05, 4.69) is 23.9 Å². The predicted octanol–water partition coefficient (Wildman–Crippen LogP) is 7.33. The Morgan fingerprint density at radius 3 is 1.66 bits per heavy atom. The van der Waals surface area contributed by atoms with Crippen LogP contribution in [0.15, 0.2) is 103 Å². The van der Waals surface area contributed by atoms with Gasteiger partial charge in [0.25, 0.3) is 0 Å². The van der Waals surface area contributed by atoms with Gasteiger partial charge >= 0.3 is 0 Å². The molecule has 0 unspecified atom stereocenters. The molecule has 0 radical (unpaired) electrons. The van der Waals surface area contributed by atoms with Gasteiger partial charge in [-0.15, -0.1) is 19.3 Å². The average molecular weight is 519 g/mol. The maximum absolute atomic E-state index is 5.63. The highest BCUT2D eigenvalue weighted by molar-refractivity contribution is 6.30. The minimum absolute atomic E-state index is 0.593. The van der Waals surface area contributed by atoms with Crippen LogP contribution in [0.2, 0.25) is 5.02 Å². The SMILES string of the molecule is C#COc1cccc(Cl)c1.C#Cc1ccc(OC)cc1.C#Cc1ccccc1.C#Cc1ccccc1OC. The fourth-order valence-corrected chi connectivity index (χ4v) is 2.76. The highest BCUT2D eigenvalue weighted by Gasteiger charge is 1.94. The van der Waals surface area contributed by atoms with Gasteiger partial charge in [0, 0.05) is 22.2 Å². The van der Waals surface area contributed by atoms with Crippen LogP contribution in [0.25, 0.3) is 0 Å². The molecule has 0 atom stereocenters. The first kappa shape index (κ1) is 30.8. The number of benzene rings is 4. The first-order valence-corrected chi connectivity index (χ1v) is 11.5. The van der Waals surface area contributed by atoms with Gasteiger partial charge in [0.15, 0.2) is 0 Å². The Kier molecular flexibility index (Phi) is 15.5. The van der Waals surface area contributed by atoms with Gasteiger partial charge in [0.05, 0.1) is 19.8 Å². The molecule has 0 aliphatic heterocycles. The van der Waals surface area contributed by atoms with Crippen molar-refractivity contribution in [2.45, 2.75) is 0 Å². The molecule has 0 aromatic heterocycles. The summed E-state index contributed by atoms with van der Waals surface area (Å²) in [4.78, 5) is 0. The molecule has 0 bridgehead atoms. The van der Waals surface area contributed by atoms with E-state index in [1.807, 2.05) is 78.9 Å². The third-order valence-corrected chi connectivity index (χ3v) is 4.67. The third-order valence-electron chi connectivity index (χ3n) is 4.43. The van der Waals surface area contributed by atoms with Crippen molar-refractivity contribution in [1.29, 1.82) is 0 Å². The molecule has 38 heavy (non-hydrogen) atoms. The van der Waals surface area contributed by atoms with Gasteiger partial charge < -0.3 is 14.2 Å². The number of halogens is 1. The van der Waals surface area contributed by atoms with Crippen LogP contribution in [0.1, 0.15) is 16.7 Å². The van der Waals surface area contributed by atoms with Crippen molar-refractivity contribution in [2.75, 3.05) is 14.2 Å². The van der Waals surface area contributed by atoms with E-state index >= 15 is 0 Å². The lowest BCUT2D eigenvalue weighted by Gasteiger charge is -1.99. The molecular formula is C34H27ClO3. The topological polar surface area (TPSA) is 27.7 Å². The summed E-state index contributed by atoms with van der Waals surface area (Å²) in [5.74, 6) is 9.75. The highest BCUT2D eigenvalue weighted by Crippen LogP contribution is 2.16. The van der Waals surface area contributed by atoms with E-state index < -0.39 is 0 Å².